The molecule has 0 heterocycles. The van der Waals surface area contributed by atoms with Gasteiger partial charge >= 0.3 is 12.3 Å². The van der Waals surface area contributed by atoms with Crippen molar-refractivity contribution in [2.45, 2.75) is 18.9 Å². The molecule has 2 N–H and O–H groups in total. The molecule has 0 fully saturated rings. The van der Waals surface area contributed by atoms with Gasteiger partial charge in [0.2, 0.25) is 0 Å². The van der Waals surface area contributed by atoms with Crippen LogP contribution in [-0.2, 0) is 6.54 Å². The molecule has 0 amide bonds. The van der Waals surface area contributed by atoms with Crippen molar-refractivity contribution in [1.82, 2.24) is 0 Å². The van der Waals surface area contributed by atoms with Crippen molar-refractivity contribution >= 4 is 0 Å². The smallest absolute Gasteiger partial charge is 0.340 e. The molecule has 0 bridgehead atoms. The molecule has 16 heavy (non-hydrogen) atoms. The van der Waals surface area contributed by atoms with Crippen LogP contribution in [0.1, 0.15) is 5.56 Å². The van der Waals surface area contributed by atoms with Gasteiger partial charge in [-0.3, -0.25) is 0 Å². The second kappa shape index (κ2) is 5.16. The van der Waals surface area contributed by atoms with E-state index in [0.29, 0.717) is 6.54 Å². The average Bonchev–Trinajstić information content (AvgIpc) is 2.27. The first-order valence-corrected chi connectivity index (χ1v) is 4.53. The van der Waals surface area contributed by atoms with E-state index in [9.17, 15) is 17.6 Å². The quantitative estimate of drug-likeness (QED) is 0.798. The maximum absolute atomic E-state index is 12.5. The van der Waals surface area contributed by atoms with Crippen LogP contribution in [0.4, 0.5) is 17.6 Å². The SMILES string of the molecule is NCc1ccc(OCC(F)(F)C(F)F)cc1. The molecule has 0 aromatic heterocycles. The fraction of sp³-hybridized carbons (Fsp3) is 0.400. The van der Waals surface area contributed by atoms with Crippen LogP contribution in [0.3, 0.4) is 0 Å². The molecule has 0 saturated heterocycles. The minimum Gasteiger partial charge on any atom is -0.487 e. The van der Waals surface area contributed by atoms with Crippen molar-refractivity contribution in [3.05, 3.63) is 29.8 Å². The van der Waals surface area contributed by atoms with Gasteiger partial charge in [0.1, 0.15) is 5.75 Å². The third-order valence-corrected chi connectivity index (χ3v) is 1.91. The summed E-state index contributed by atoms with van der Waals surface area (Å²) >= 11 is 0. The summed E-state index contributed by atoms with van der Waals surface area (Å²) in [4.78, 5) is 0. The van der Waals surface area contributed by atoms with Crippen LogP contribution in [0.15, 0.2) is 24.3 Å². The lowest BCUT2D eigenvalue weighted by Crippen LogP contribution is -2.33. The Morgan fingerprint density at radius 3 is 2.19 bits per heavy atom. The number of hydrogen-bond donors (Lipinski definition) is 1. The molecule has 0 aliphatic rings. The molecule has 0 spiro atoms. The molecule has 0 aliphatic carbocycles. The first-order chi connectivity index (χ1) is 7.45. The Labute approximate surface area is 90.0 Å². The van der Waals surface area contributed by atoms with Gasteiger partial charge < -0.3 is 10.5 Å². The summed E-state index contributed by atoms with van der Waals surface area (Å²) in [5, 5.41) is 0. The highest BCUT2D eigenvalue weighted by Crippen LogP contribution is 2.24. The normalized spacial score (nSPS) is 11.9. The summed E-state index contributed by atoms with van der Waals surface area (Å²) in [5.41, 5.74) is 6.12. The molecular weight excluding hydrogens is 226 g/mol. The number of ether oxygens (including phenoxy) is 1. The lowest BCUT2D eigenvalue weighted by molar-refractivity contribution is -0.148. The molecule has 1 aromatic rings. The van der Waals surface area contributed by atoms with Crippen LogP contribution in [0.5, 0.6) is 5.75 Å². The van der Waals surface area contributed by atoms with Crippen LogP contribution in [0.25, 0.3) is 0 Å². The van der Waals surface area contributed by atoms with Gasteiger partial charge in [0, 0.05) is 6.54 Å². The average molecular weight is 237 g/mol. The summed E-state index contributed by atoms with van der Waals surface area (Å²) < 4.78 is 53.1. The molecule has 90 valence electrons. The van der Waals surface area contributed by atoms with Gasteiger partial charge in [0.05, 0.1) is 0 Å². The van der Waals surface area contributed by atoms with Crippen LogP contribution < -0.4 is 10.5 Å². The third kappa shape index (κ3) is 3.37. The van der Waals surface area contributed by atoms with Gasteiger partial charge in [-0.15, -0.1) is 0 Å². The van der Waals surface area contributed by atoms with E-state index >= 15 is 0 Å². The van der Waals surface area contributed by atoms with Gasteiger partial charge in [0.25, 0.3) is 0 Å². The summed E-state index contributed by atoms with van der Waals surface area (Å²) in [6, 6.07) is 5.97. The number of rotatable bonds is 5. The molecule has 6 heteroatoms. The Kier molecular flexibility index (Phi) is 4.12. The second-order valence-corrected chi connectivity index (χ2v) is 3.20. The predicted octanol–water partition coefficient (Wildman–Crippen LogP) is 2.42. The maximum Gasteiger partial charge on any atom is 0.340 e. The second-order valence-electron chi connectivity index (χ2n) is 3.20. The largest absolute Gasteiger partial charge is 0.487 e. The lowest BCUT2D eigenvalue weighted by Gasteiger charge is -2.15. The Bertz CT molecular complexity index is 326. The van der Waals surface area contributed by atoms with E-state index in [1.165, 1.54) is 12.1 Å². The Morgan fingerprint density at radius 1 is 1.19 bits per heavy atom. The zero-order valence-corrected chi connectivity index (χ0v) is 8.30. The zero-order chi connectivity index (χ0) is 12.2. The topological polar surface area (TPSA) is 35.2 Å². The highest BCUT2D eigenvalue weighted by atomic mass is 19.3. The summed E-state index contributed by atoms with van der Waals surface area (Å²) in [6.45, 7) is -1.03. The summed E-state index contributed by atoms with van der Waals surface area (Å²) in [6.07, 6.45) is -3.73. The van der Waals surface area contributed by atoms with Crippen molar-refractivity contribution in [3.8, 4) is 5.75 Å². The van der Waals surface area contributed by atoms with E-state index in [0.717, 1.165) is 5.56 Å². The molecule has 2 nitrogen and oxygen atoms in total. The summed E-state index contributed by atoms with van der Waals surface area (Å²) in [7, 11) is 0. The fourth-order valence-corrected chi connectivity index (χ4v) is 0.964. The Balaban J connectivity index is 2.54. The van der Waals surface area contributed by atoms with Crippen LogP contribution in [0.2, 0.25) is 0 Å². The number of hydrogen-bond acceptors (Lipinski definition) is 2. The molecule has 0 atom stereocenters. The van der Waals surface area contributed by atoms with E-state index < -0.39 is 19.0 Å². The fourth-order valence-electron chi connectivity index (χ4n) is 0.964. The first-order valence-electron chi connectivity index (χ1n) is 4.53. The lowest BCUT2D eigenvalue weighted by atomic mass is 10.2. The standard InChI is InChI=1S/C10H11F4NO/c11-9(12)10(13,14)6-16-8-3-1-7(5-15)2-4-8/h1-4,9H,5-6,15H2. The number of halogens is 4. The molecule has 0 unspecified atom stereocenters. The highest BCUT2D eigenvalue weighted by Gasteiger charge is 2.41. The molecule has 1 rings (SSSR count). The zero-order valence-electron chi connectivity index (χ0n) is 8.30. The monoisotopic (exact) mass is 237 g/mol. The Hall–Kier alpha value is -1.30. The van der Waals surface area contributed by atoms with E-state index in [2.05, 4.69) is 4.74 Å². The highest BCUT2D eigenvalue weighted by molar-refractivity contribution is 5.27. The third-order valence-electron chi connectivity index (χ3n) is 1.91. The van der Waals surface area contributed by atoms with Gasteiger partial charge in [-0.2, -0.15) is 8.78 Å². The number of alkyl halides is 4. The van der Waals surface area contributed by atoms with Gasteiger partial charge in [-0.05, 0) is 17.7 Å². The van der Waals surface area contributed by atoms with Gasteiger partial charge in [-0.1, -0.05) is 12.1 Å². The molecule has 0 aliphatic heterocycles. The molecule has 0 saturated carbocycles. The minimum absolute atomic E-state index is 0.109. The van der Waals surface area contributed by atoms with Gasteiger partial charge in [-0.25, -0.2) is 8.78 Å². The van der Waals surface area contributed by atoms with E-state index in [-0.39, 0.29) is 5.75 Å². The Morgan fingerprint density at radius 2 is 1.75 bits per heavy atom. The number of benzene rings is 1. The van der Waals surface area contributed by atoms with Crippen molar-refractivity contribution in [3.63, 3.8) is 0 Å². The minimum atomic E-state index is -4.13. The molecular formula is C10H11F4NO. The van der Waals surface area contributed by atoms with E-state index in [1.54, 1.807) is 12.1 Å². The van der Waals surface area contributed by atoms with Gasteiger partial charge in [0.15, 0.2) is 6.61 Å². The van der Waals surface area contributed by atoms with Crippen molar-refractivity contribution in [1.29, 1.82) is 0 Å². The van der Waals surface area contributed by atoms with Crippen molar-refractivity contribution in [2.75, 3.05) is 6.61 Å². The van der Waals surface area contributed by atoms with Crippen LogP contribution >= 0.6 is 0 Å². The van der Waals surface area contributed by atoms with Crippen molar-refractivity contribution < 1.29 is 22.3 Å². The summed E-state index contributed by atoms with van der Waals surface area (Å²) in [5.74, 6) is -4.02. The van der Waals surface area contributed by atoms with Crippen LogP contribution in [0, 0.1) is 0 Å². The first kappa shape index (κ1) is 12.8. The molecule has 0 radical (unpaired) electrons. The van der Waals surface area contributed by atoms with E-state index in [1.807, 2.05) is 0 Å². The maximum atomic E-state index is 12.5. The number of nitrogens with two attached hydrogens (primary N) is 1. The predicted molar refractivity (Wildman–Crippen MR) is 50.8 cm³/mol. The van der Waals surface area contributed by atoms with Crippen molar-refractivity contribution in [2.24, 2.45) is 5.73 Å². The molecule has 1 aromatic carbocycles. The van der Waals surface area contributed by atoms with E-state index in [4.69, 9.17) is 5.73 Å². The van der Waals surface area contributed by atoms with Crippen LogP contribution in [-0.4, -0.2) is 19.0 Å².